The van der Waals surface area contributed by atoms with Gasteiger partial charge in [-0.1, -0.05) is 37.3 Å². The van der Waals surface area contributed by atoms with E-state index in [2.05, 4.69) is 54.7 Å². The molecule has 0 amide bonds. The monoisotopic (exact) mass is 297 g/mol. The van der Waals surface area contributed by atoms with Crippen LogP contribution in [0.4, 0.5) is 0 Å². The molecule has 0 saturated carbocycles. The molecular weight excluding hydrogens is 278 g/mol. The average Bonchev–Trinajstić information content (AvgIpc) is 2.96. The van der Waals surface area contributed by atoms with E-state index < -0.39 is 0 Å². The Bertz CT molecular complexity index is 702. The van der Waals surface area contributed by atoms with Crippen LogP contribution in [-0.4, -0.2) is 13.7 Å². The summed E-state index contributed by atoms with van der Waals surface area (Å²) in [6.45, 7) is 3.07. The molecule has 1 aromatic heterocycles. The van der Waals surface area contributed by atoms with Crippen molar-refractivity contribution in [3.63, 3.8) is 0 Å². The van der Waals surface area contributed by atoms with Crippen LogP contribution < -0.4 is 10.1 Å². The number of rotatable bonds is 5. The molecule has 3 aromatic rings. The van der Waals surface area contributed by atoms with Crippen LogP contribution in [0.3, 0.4) is 0 Å². The molecule has 0 aliphatic heterocycles. The molecule has 0 aliphatic carbocycles. The first-order valence-electron chi connectivity index (χ1n) is 7.17. The fourth-order valence-corrected chi connectivity index (χ4v) is 3.72. The quantitative estimate of drug-likeness (QED) is 0.742. The smallest absolute Gasteiger partial charge is 0.119 e. The minimum atomic E-state index is 0.211. The third-order valence-electron chi connectivity index (χ3n) is 3.56. The van der Waals surface area contributed by atoms with Crippen molar-refractivity contribution in [3.8, 4) is 5.75 Å². The van der Waals surface area contributed by atoms with Crippen molar-refractivity contribution < 1.29 is 4.74 Å². The molecule has 0 fully saturated rings. The molecule has 1 unspecified atom stereocenters. The van der Waals surface area contributed by atoms with E-state index in [4.69, 9.17) is 4.74 Å². The Morgan fingerprint density at radius 3 is 2.71 bits per heavy atom. The van der Waals surface area contributed by atoms with Gasteiger partial charge in [0.2, 0.25) is 0 Å². The maximum absolute atomic E-state index is 5.35. The Labute approximate surface area is 129 Å². The molecule has 1 atom stereocenters. The second kappa shape index (κ2) is 6.29. The summed E-state index contributed by atoms with van der Waals surface area (Å²) in [6, 6.07) is 19.3. The predicted octanol–water partition coefficient (Wildman–Crippen LogP) is 4.61. The van der Waals surface area contributed by atoms with Crippen molar-refractivity contribution >= 4 is 21.4 Å². The highest BCUT2D eigenvalue weighted by atomic mass is 32.1. The van der Waals surface area contributed by atoms with E-state index >= 15 is 0 Å². The molecule has 1 N–H and O–H groups in total. The molecule has 2 nitrogen and oxygen atoms in total. The lowest BCUT2D eigenvalue weighted by molar-refractivity contribution is 0.413. The number of nitrogens with one attached hydrogen (secondary N) is 1. The lowest BCUT2D eigenvalue weighted by Gasteiger charge is -2.17. The van der Waals surface area contributed by atoms with Gasteiger partial charge in [0.25, 0.3) is 0 Å². The number of thiophene rings is 1. The lowest BCUT2D eigenvalue weighted by atomic mass is 10.0. The number of methoxy groups -OCH3 is 1. The van der Waals surface area contributed by atoms with Crippen LogP contribution in [0.5, 0.6) is 5.75 Å². The Morgan fingerprint density at radius 2 is 1.95 bits per heavy atom. The molecule has 0 spiro atoms. The van der Waals surface area contributed by atoms with Gasteiger partial charge in [0.15, 0.2) is 0 Å². The number of fused-ring (bicyclic) bond motifs is 1. The second-order valence-corrected chi connectivity index (χ2v) is 6.07. The highest BCUT2D eigenvalue weighted by Gasteiger charge is 2.16. The first-order valence-corrected chi connectivity index (χ1v) is 7.99. The van der Waals surface area contributed by atoms with Crippen LogP contribution >= 0.6 is 11.3 Å². The van der Waals surface area contributed by atoms with Crippen LogP contribution in [0.25, 0.3) is 10.1 Å². The van der Waals surface area contributed by atoms with E-state index in [-0.39, 0.29) is 6.04 Å². The first kappa shape index (κ1) is 14.1. The molecule has 1 heterocycles. The molecule has 3 rings (SSSR count). The third kappa shape index (κ3) is 2.94. The Balaban J connectivity index is 2.03. The Hall–Kier alpha value is -1.84. The topological polar surface area (TPSA) is 21.3 Å². The van der Waals surface area contributed by atoms with Crippen molar-refractivity contribution in [1.29, 1.82) is 0 Å². The second-order valence-electron chi connectivity index (χ2n) is 4.95. The van der Waals surface area contributed by atoms with E-state index in [1.165, 1.54) is 20.5 Å². The maximum atomic E-state index is 5.35. The van der Waals surface area contributed by atoms with Gasteiger partial charge < -0.3 is 10.1 Å². The Kier molecular flexibility index (Phi) is 4.23. The number of hydrogen-bond acceptors (Lipinski definition) is 3. The van der Waals surface area contributed by atoms with Crippen molar-refractivity contribution in [2.75, 3.05) is 13.7 Å². The summed E-state index contributed by atoms with van der Waals surface area (Å²) in [6.07, 6.45) is 0. The summed E-state index contributed by atoms with van der Waals surface area (Å²) >= 11 is 1.85. The molecule has 0 saturated heterocycles. The highest BCUT2D eigenvalue weighted by molar-refractivity contribution is 7.19. The van der Waals surface area contributed by atoms with Crippen molar-refractivity contribution in [2.24, 2.45) is 0 Å². The average molecular weight is 297 g/mol. The largest absolute Gasteiger partial charge is 0.497 e. The summed E-state index contributed by atoms with van der Waals surface area (Å²) < 4.78 is 6.69. The van der Waals surface area contributed by atoms with Crippen LogP contribution in [-0.2, 0) is 0 Å². The van der Waals surface area contributed by atoms with Crippen LogP contribution in [0.2, 0.25) is 0 Å². The SMILES string of the molecule is CCNC(c1cccc(OC)c1)c1cc2ccccc2s1. The van der Waals surface area contributed by atoms with Crippen molar-refractivity contribution in [1.82, 2.24) is 5.32 Å². The Morgan fingerprint density at radius 1 is 1.10 bits per heavy atom. The van der Waals surface area contributed by atoms with Gasteiger partial charge in [-0.05, 0) is 41.8 Å². The predicted molar refractivity (Wildman–Crippen MR) is 90.3 cm³/mol. The van der Waals surface area contributed by atoms with Crippen molar-refractivity contribution in [3.05, 3.63) is 65.0 Å². The van der Waals surface area contributed by atoms with E-state index in [1.807, 2.05) is 23.5 Å². The minimum absolute atomic E-state index is 0.211. The standard InChI is InChI=1S/C18H19NOS/c1-3-19-18(14-8-6-9-15(11-14)20-2)17-12-13-7-4-5-10-16(13)21-17/h4-12,18-19H,3H2,1-2H3. The zero-order chi connectivity index (χ0) is 14.7. The van der Waals surface area contributed by atoms with Crippen molar-refractivity contribution in [2.45, 2.75) is 13.0 Å². The highest BCUT2D eigenvalue weighted by Crippen LogP contribution is 2.34. The maximum Gasteiger partial charge on any atom is 0.119 e. The van der Waals surface area contributed by atoms with Gasteiger partial charge in [-0.15, -0.1) is 11.3 Å². The molecule has 0 aliphatic rings. The number of ether oxygens (including phenoxy) is 1. The first-order chi connectivity index (χ1) is 10.3. The molecule has 0 radical (unpaired) electrons. The summed E-state index contributed by atoms with van der Waals surface area (Å²) in [4.78, 5) is 1.34. The number of benzene rings is 2. The van der Waals surface area contributed by atoms with Gasteiger partial charge in [-0.25, -0.2) is 0 Å². The zero-order valence-electron chi connectivity index (χ0n) is 12.3. The normalized spacial score (nSPS) is 12.5. The van der Waals surface area contributed by atoms with Gasteiger partial charge in [-0.2, -0.15) is 0 Å². The van der Waals surface area contributed by atoms with E-state index in [0.29, 0.717) is 0 Å². The third-order valence-corrected chi connectivity index (χ3v) is 4.75. The van der Waals surface area contributed by atoms with E-state index in [0.717, 1.165) is 12.3 Å². The minimum Gasteiger partial charge on any atom is -0.497 e. The van der Waals surface area contributed by atoms with Crippen LogP contribution in [0.1, 0.15) is 23.4 Å². The van der Waals surface area contributed by atoms with Crippen LogP contribution in [0, 0.1) is 0 Å². The van der Waals surface area contributed by atoms with Gasteiger partial charge in [-0.3, -0.25) is 0 Å². The van der Waals surface area contributed by atoms with Gasteiger partial charge in [0.05, 0.1) is 13.2 Å². The summed E-state index contributed by atoms with van der Waals surface area (Å²) in [5.74, 6) is 0.900. The fourth-order valence-electron chi connectivity index (χ4n) is 2.55. The van der Waals surface area contributed by atoms with Gasteiger partial charge >= 0.3 is 0 Å². The molecule has 3 heteroatoms. The summed E-state index contributed by atoms with van der Waals surface area (Å²) in [5.41, 5.74) is 1.24. The zero-order valence-corrected chi connectivity index (χ0v) is 13.1. The molecule has 2 aromatic carbocycles. The molecule has 21 heavy (non-hydrogen) atoms. The van der Waals surface area contributed by atoms with E-state index in [1.54, 1.807) is 7.11 Å². The fraction of sp³-hybridized carbons (Fsp3) is 0.222. The summed E-state index contributed by atoms with van der Waals surface area (Å²) in [7, 11) is 1.71. The van der Waals surface area contributed by atoms with Crippen LogP contribution in [0.15, 0.2) is 54.6 Å². The van der Waals surface area contributed by atoms with E-state index in [9.17, 15) is 0 Å². The lowest BCUT2D eigenvalue weighted by Crippen LogP contribution is -2.21. The summed E-state index contributed by atoms with van der Waals surface area (Å²) in [5, 5.41) is 4.89. The van der Waals surface area contributed by atoms with Gasteiger partial charge in [0, 0.05) is 9.58 Å². The molecule has 108 valence electrons. The molecular formula is C18H19NOS. The van der Waals surface area contributed by atoms with Gasteiger partial charge in [0.1, 0.15) is 5.75 Å². The number of hydrogen-bond donors (Lipinski definition) is 1. The molecule has 0 bridgehead atoms.